The maximum absolute atomic E-state index is 4.50. The van der Waals surface area contributed by atoms with Gasteiger partial charge in [0, 0.05) is 24.0 Å². The molecule has 2 heterocycles. The highest BCUT2D eigenvalue weighted by Gasteiger charge is 2.27. The molecule has 2 unspecified atom stereocenters. The zero-order valence-electron chi connectivity index (χ0n) is 11.0. The van der Waals surface area contributed by atoms with Crippen LogP contribution in [0.3, 0.4) is 0 Å². The number of fused-ring (bicyclic) bond motifs is 1. The van der Waals surface area contributed by atoms with Crippen LogP contribution in [0, 0.1) is 11.8 Å². The molecule has 0 radical (unpaired) electrons. The molecule has 1 aliphatic heterocycles. The topological polar surface area (TPSA) is 3.24 Å². The first kappa shape index (κ1) is 13.4. The predicted octanol–water partition coefficient (Wildman–Crippen LogP) is 3.87. The third-order valence-corrected chi connectivity index (χ3v) is 5.52. The van der Waals surface area contributed by atoms with Crippen LogP contribution in [0.25, 0.3) is 0 Å². The summed E-state index contributed by atoms with van der Waals surface area (Å²) >= 11 is 6.42. The second kappa shape index (κ2) is 5.77. The highest BCUT2D eigenvalue weighted by atomic mass is 32.1. The van der Waals surface area contributed by atoms with Gasteiger partial charge < -0.3 is 0 Å². The number of thiophene rings is 1. The highest BCUT2D eigenvalue weighted by molar-refractivity contribution is 7.80. The van der Waals surface area contributed by atoms with Crippen LogP contribution >= 0.6 is 24.0 Å². The van der Waals surface area contributed by atoms with E-state index in [2.05, 4.69) is 49.7 Å². The van der Waals surface area contributed by atoms with Gasteiger partial charge >= 0.3 is 0 Å². The van der Waals surface area contributed by atoms with Crippen molar-refractivity contribution in [1.29, 1.82) is 0 Å². The lowest BCUT2D eigenvalue weighted by molar-refractivity contribution is 0.158. The largest absolute Gasteiger partial charge is 0.296 e. The summed E-state index contributed by atoms with van der Waals surface area (Å²) in [5.41, 5.74) is 1.56. The fourth-order valence-corrected chi connectivity index (χ4v) is 4.09. The normalized spacial score (nSPS) is 22.8. The van der Waals surface area contributed by atoms with E-state index in [1.165, 1.54) is 19.5 Å². The van der Waals surface area contributed by atoms with Gasteiger partial charge in [0.05, 0.1) is 0 Å². The van der Waals surface area contributed by atoms with Crippen molar-refractivity contribution in [3.8, 4) is 0 Å². The second-order valence-electron chi connectivity index (χ2n) is 5.41. The number of hydrogen-bond donors (Lipinski definition) is 1. The third kappa shape index (κ3) is 2.88. The maximum Gasteiger partial charge on any atom is 0.0331 e. The van der Waals surface area contributed by atoms with Crippen molar-refractivity contribution in [2.45, 2.75) is 33.2 Å². The fraction of sp³-hybridized carbons (Fsp3) is 0.714. The molecule has 0 saturated heterocycles. The summed E-state index contributed by atoms with van der Waals surface area (Å²) in [6.07, 6.45) is 1.23. The zero-order chi connectivity index (χ0) is 12.4. The van der Waals surface area contributed by atoms with E-state index in [4.69, 9.17) is 0 Å². The molecule has 96 valence electrons. The van der Waals surface area contributed by atoms with E-state index in [0.717, 1.165) is 11.7 Å². The van der Waals surface area contributed by atoms with Crippen LogP contribution < -0.4 is 0 Å². The van der Waals surface area contributed by atoms with Crippen LogP contribution in [0.1, 0.15) is 37.3 Å². The molecule has 0 aromatic carbocycles. The van der Waals surface area contributed by atoms with Gasteiger partial charge in [-0.05, 0) is 47.9 Å². The van der Waals surface area contributed by atoms with Crippen molar-refractivity contribution in [3.05, 3.63) is 21.9 Å². The molecule has 3 heteroatoms. The van der Waals surface area contributed by atoms with Gasteiger partial charge in [-0.3, -0.25) is 4.90 Å². The minimum atomic E-state index is 0.589. The third-order valence-electron chi connectivity index (χ3n) is 4.05. The first-order chi connectivity index (χ1) is 8.13. The Bertz CT molecular complexity index is 359. The fourth-order valence-electron chi connectivity index (χ4n) is 2.59. The van der Waals surface area contributed by atoms with E-state index in [1.54, 1.807) is 10.4 Å². The van der Waals surface area contributed by atoms with E-state index in [0.29, 0.717) is 12.0 Å². The van der Waals surface area contributed by atoms with Gasteiger partial charge in [0.25, 0.3) is 0 Å². The van der Waals surface area contributed by atoms with Gasteiger partial charge in [-0.1, -0.05) is 13.8 Å². The quantitative estimate of drug-likeness (QED) is 0.812. The van der Waals surface area contributed by atoms with Crippen molar-refractivity contribution in [2.75, 3.05) is 18.8 Å². The summed E-state index contributed by atoms with van der Waals surface area (Å²) in [6, 6.07) is 2.90. The molecule has 0 spiro atoms. The number of thiol groups is 1. The first-order valence-electron chi connectivity index (χ1n) is 6.54. The lowest BCUT2D eigenvalue weighted by Gasteiger charge is -2.36. The minimum Gasteiger partial charge on any atom is -0.296 e. The Morgan fingerprint density at radius 1 is 1.53 bits per heavy atom. The number of hydrogen-bond acceptors (Lipinski definition) is 3. The summed E-state index contributed by atoms with van der Waals surface area (Å²) < 4.78 is 0. The molecule has 17 heavy (non-hydrogen) atoms. The molecule has 2 rings (SSSR count). The molecule has 0 amide bonds. The van der Waals surface area contributed by atoms with Crippen molar-refractivity contribution >= 4 is 24.0 Å². The lowest BCUT2D eigenvalue weighted by Crippen LogP contribution is -2.38. The predicted molar refractivity (Wildman–Crippen MR) is 80.2 cm³/mol. The summed E-state index contributed by atoms with van der Waals surface area (Å²) in [5.74, 6) is 2.43. The van der Waals surface area contributed by atoms with E-state index in [-0.39, 0.29) is 0 Å². The lowest BCUT2D eigenvalue weighted by atomic mass is 9.94. The van der Waals surface area contributed by atoms with Crippen LogP contribution in [0.2, 0.25) is 0 Å². The summed E-state index contributed by atoms with van der Waals surface area (Å²) in [6.45, 7) is 9.38. The Morgan fingerprint density at radius 2 is 2.29 bits per heavy atom. The van der Waals surface area contributed by atoms with Crippen LogP contribution in [-0.2, 0) is 6.42 Å². The standard InChI is InChI=1S/C14H23NS2/c1-10(2)12(9-16)8-15-6-4-14-13(11(15)3)5-7-17-14/h5,7,10-12,16H,4,6,8-9H2,1-3H3. The molecule has 0 aliphatic carbocycles. The molecular weight excluding hydrogens is 246 g/mol. The Labute approximate surface area is 115 Å². The average Bonchev–Trinajstić information content (AvgIpc) is 2.76. The van der Waals surface area contributed by atoms with Gasteiger partial charge in [0.2, 0.25) is 0 Å². The first-order valence-corrected chi connectivity index (χ1v) is 8.05. The van der Waals surface area contributed by atoms with Crippen LogP contribution in [0.4, 0.5) is 0 Å². The molecule has 0 N–H and O–H groups in total. The van der Waals surface area contributed by atoms with Crippen molar-refractivity contribution in [1.82, 2.24) is 4.90 Å². The van der Waals surface area contributed by atoms with E-state index in [9.17, 15) is 0 Å². The van der Waals surface area contributed by atoms with Crippen LogP contribution in [-0.4, -0.2) is 23.7 Å². The van der Waals surface area contributed by atoms with Crippen LogP contribution in [0.5, 0.6) is 0 Å². The van der Waals surface area contributed by atoms with Crippen molar-refractivity contribution in [3.63, 3.8) is 0 Å². The average molecular weight is 269 g/mol. The Balaban J connectivity index is 2.04. The second-order valence-corrected chi connectivity index (χ2v) is 6.77. The molecule has 1 aromatic rings. The molecule has 0 bridgehead atoms. The van der Waals surface area contributed by atoms with Gasteiger partial charge in [0.15, 0.2) is 0 Å². The van der Waals surface area contributed by atoms with Crippen molar-refractivity contribution in [2.24, 2.45) is 11.8 Å². The molecule has 0 saturated carbocycles. The molecule has 2 atom stereocenters. The van der Waals surface area contributed by atoms with Crippen LogP contribution in [0.15, 0.2) is 11.4 Å². The van der Waals surface area contributed by atoms with E-state index >= 15 is 0 Å². The Kier molecular flexibility index (Phi) is 4.56. The monoisotopic (exact) mass is 269 g/mol. The molecule has 1 aromatic heterocycles. The Morgan fingerprint density at radius 3 is 2.94 bits per heavy atom. The van der Waals surface area contributed by atoms with Gasteiger partial charge in [-0.2, -0.15) is 12.6 Å². The highest BCUT2D eigenvalue weighted by Crippen LogP contribution is 2.33. The summed E-state index contributed by atoms with van der Waals surface area (Å²) in [5, 5.41) is 2.24. The molecule has 0 fully saturated rings. The molecule has 1 aliphatic rings. The summed E-state index contributed by atoms with van der Waals surface area (Å²) in [7, 11) is 0. The minimum absolute atomic E-state index is 0.589. The smallest absolute Gasteiger partial charge is 0.0331 e. The SMILES string of the molecule is CC(C)C(CS)CN1CCc2sccc2C1C. The Hall–Kier alpha value is 0.0100. The molecular formula is C14H23NS2. The number of rotatable bonds is 4. The van der Waals surface area contributed by atoms with Gasteiger partial charge in [-0.15, -0.1) is 11.3 Å². The van der Waals surface area contributed by atoms with E-state index < -0.39 is 0 Å². The zero-order valence-corrected chi connectivity index (χ0v) is 12.7. The number of nitrogens with zero attached hydrogens (tertiary/aromatic N) is 1. The van der Waals surface area contributed by atoms with E-state index in [1.807, 2.05) is 11.3 Å². The maximum atomic E-state index is 4.50. The summed E-state index contributed by atoms with van der Waals surface area (Å²) in [4.78, 5) is 4.23. The molecule has 1 nitrogen and oxygen atoms in total. The van der Waals surface area contributed by atoms with Gasteiger partial charge in [0.1, 0.15) is 0 Å². The van der Waals surface area contributed by atoms with Gasteiger partial charge in [-0.25, -0.2) is 0 Å². The van der Waals surface area contributed by atoms with Crippen molar-refractivity contribution < 1.29 is 0 Å².